The van der Waals surface area contributed by atoms with E-state index in [1.54, 1.807) is 19.2 Å². The number of carbonyl (C=O) groups excluding carboxylic acids is 1. The molecule has 6 nitrogen and oxygen atoms in total. The van der Waals surface area contributed by atoms with E-state index in [-0.39, 0.29) is 24.3 Å². The summed E-state index contributed by atoms with van der Waals surface area (Å²) in [5.74, 6) is 0.518. The lowest BCUT2D eigenvalue weighted by Gasteiger charge is -2.23. The van der Waals surface area contributed by atoms with Crippen molar-refractivity contribution in [1.82, 2.24) is 10.2 Å². The van der Waals surface area contributed by atoms with Crippen LogP contribution >= 0.6 is 23.2 Å². The van der Waals surface area contributed by atoms with Crippen molar-refractivity contribution in [1.29, 1.82) is 0 Å². The van der Waals surface area contributed by atoms with Crippen molar-refractivity contribution in [3.05, 3.63) is 28.2 Å². The minimum absolute atomic E-state index is 0.000783. The predicted molar refractivity (Wildman–Crippen MR) is 85.3 cm³/mol. The van der Waals surface area contributed by atoms with Crippen LogP contribution in [0.25, 0.3) is 0 Å². The summed E-state index contributed by atoms with van der Waals surface area (Å²) in [4.78, 5) is 13.3. The van der Waals surface area contributed by atoms with Gasteiger partial charge in [-0.1, -0.05) is 23.2 Å². The van der Waals surface area contributed by atoms with Gasteiger partial charge in [0.2, 0.25) is 0 Å². The van der Waals surface area contributed by atoms with Gasteiger partial charge in [0, 0.05) is 18.1 Å². The lowest BCUT2D eigenvalue weighted by molar-refractivity contribution is 0.182. The second kappa shape index (κ2) is 6.93. The smallest absolute Gasteiger partial charge is 0.320 e. The number of halogens is 2. The molecule has 1 aromatic carbocycles. The van der Waals surface area contributed by atoms with Gasteiger partial charge in [0.1, 0.15) is 5.75 Å². The largest absolute Gasteiger partial charge is 0.472 e. The second-order valence-corrected chi connectivity index (χ2v) is 8.09. The van der Waals surface area contributed by atoms with Gasteiger partial charge in [-0.2, -0.15) is 0 Å². The Kier molecular flexibility index (Phi) is 5.41. The molecule has 0 radical (unpaired) electrons. The van der Waals surface area contributed by atoms with Crippen LogP contribution in [0, 0.1) is 0 Å². The summed E-state index contributed by atoms with van der Waals surface area (Å²) < 4.78 is 28.2. The zero-order valence-corrected chi connectivity index (χ0v) is 14.2. The third kappa shape index (κ3) is 4.41. The molecule has 1 atom stereocenters. The first kappa shape index (κ1) is 17.2. The molecule has 1 heterocycles. The standard InChI is InChI=1S/C13H16Cl2N2O4S/c1-17(10-4-5-22(19,20)7-10)13(18)16-8-21-12-3-2-9(14)6-11(12)15/h2-3,6,10H,4-5,7-8H2,1H3,(H,16,18). The van der Waals surface area contributed by atoms with Crippen LogP contribution in [0.5, 0.6) is 5.75 Å². The number of carbonyl (C=O) groups is 1. The molecule has 1 aromatic rings. The van der Waals surface area contributed by atoms with E-state index in [1.165, 1.54) is 11.0 Å². The zero-order chi connectivity index (χ0) is 16.3. The van der Waals surface area contributed by atoms with Gasteiger partial charge >= 0.3 is 6.03 Å². The minimum Gasteiger partial charge on any atom is -0.472 e. The zero-order valence-electron chi connectivity index (χ0n) is 11.9. The van der Waals surface area contributed by atoms with Crippen molar-refractivity contribution in [2.45, 2.75) is 12.5 Å². The molecule has 0 aromatic heterocycles. The molecule has 1 unspecified atom stereocenters. The van der Waals surface area contributed by atoms with Crippen LogP contribution in [-0.4, -0.2) is 50.7 Å². The average molecular weight is 367 g/mol. The molecular formula is C13H16Cl2N2O4S. The maximum atomic E-state index is 12.0. The summed E-state index contributed by atoms with van der Waals surface area (Å²) in [6.07, 6.45) is 0.454. The highest BCUT2D eigenvalue weighted by Gasteiger charge is 2.32. The van der Waals surface area contributed by atoms with E-state index >= 15 is 0 Å². The molecule has 0 bridgehead atoms. The van der Waals surface area contributed by atoms with Gasteiger partial charge in [0.25, 0.3) is 0 Å². The third-order valence-corrected chi connectivity index (χ3v) is 5.70. The molecule has 0 saturated carbocycles. The third-order valence-electron chi connectivity index (χ3n) is 3.42. The molecule has 2 rings (SSSR count). The van der Waals surface area contributed by atoms with E-state index in [0.29, 0.717) is 22.2 Å². The SMILES string of the molecule is CN(C(=O)NCOc1ccc(Cl)cc1Cl)C1CCS(=O)(=O)C1. The minimum atomic E-state index is -3.03. The van der Waals surface area contributed by atoms with Crippen LogP contribution in [0.3, 0.4) is 0 Å². The summed E-state index contributed by atoms with van der Waals surface area (Å²) in [6.45, 7) is -0.0794. The van der Waals surface area contributed by atoms with E-state index in [9.17, 15) is 13.2 Å². The van der Waals surface area contributed by atoms with Crippen molar-refractivity contribution in [2.24, 2.45) is 0 Å². The molecule has 0 aliphatic carbocycles. The number of rotatable bonds is 4. The number of hydrogen-bond acceptors (Lipinski definition) is 4. The maximum Gasteiger partial charge on any atom is 0.320 e. The van der Waals surface area contributed by atoms with Crippen LogP contribution in [-0.2, 0) is 9.84 Å². The first-order chi connectivity index (χ1) is 10.3. The molecule has 1 fully saturated rings. The Balaban J connectivity index is 1.82. The van der Waals surface area contributed by atoms with Crippen molar-refractivity contribution in [2.75, 3.05) is 25.3 Å². The Morgan fingerprint density at radius 3 is 2.77 bits per heavy atom. The van der Waals surface area contributed by atoms with Crippen LogP contribution in [0.1, 0.15) is 6.42 Å². The van der Waals surface area contributed by atoms with Crippen LogP contribution in [0.15, 0.2) is 18.2 Å². The molecule has 1 aliphatic rings. The summed E-state index contributed by atoms with van der Waals surface area (Å²) in [6, 6.07) is 4.07. The predicted octanol–water partition coefficient (Wildman–Crippen LogP) is 2.16. The molecule has 22 heavy (non-hydrogen) atoms. The van der Waals surface area contributed by atoms with Gasteiger partial charge in [-0.05, 0) is 24.6 Å². The Hall–Kier alpha value is -1.18. The lowest BCUT2D eigenvalue weighted by Crippen LogP contribution is -2.45. The summed E-state index contributed by atoms with van der Waals surface area (Å²) in [7, 11) is -1.46. The van der Waals surface area contributed by atoms with Crippen molar-refractivity contribution in [3.8, 4) is 5.75 Å². The highest BCUT2D eigenvalue weighted by molar-refractivity contribution is 7.91. The highest BCUT2D eigenvalue weighted by atomic mass is 35.5. The van der Waals surface area contributed by atoms with Crippen molar-refractivity contribution >= 4 is 39.1 Å². The normalized spacial score (nSPS) is 19.7. The molecule has 1 N–H and O–H groups in total. The number of amides is 2. The fraction of sp³-hybridized carbons (Fsp3) is 0.462. The number of hydrogen-bond donors (Lipinski definition) is 1. The van der Waals surface area contributed by atoms with Crippen LogP contribution in [0.2, 0.25) is 10.0 Å². The van der Waals surface area contributed by atoms with E-state index in [2.05, 4.69) is 5.32 Å². The Morgan fingerprint density at radius 1 is 1.45 bits per heavy atom. The first-order valence-electron chi connectivity index (χ1n) is 6.57. The molecule has 2 amide bonds. The van der Waals surface area contributed by atoms with Crippen LogP contribution in [0.4, 0.5) is 4.79 Å². The van der Waals surface area contributed by atoms with Crippen LogP contribution < -0.4 is 10.1 Å². The van der Waals surface area contributed by atoms with Gasteiger partial charge in [-0.15, -0.1) is 0 Å². The number of nitrogens with zero attached hydrogens (tertiary/aromatic N) is 1. The van der Waals surface area contributed by atoms with Gasteiger partial charge < -0.3 is 15.0 Å². The van der Waals surface area contributed by atoms with Gasteiger partial charge in [0.05, 0.1) is 16.5 Å². The van der Waals surface area contributed by atoms with Crippen molar-refractivity contribution in [3.63, 3.8) is 0 Å². The summed E-state index contributed by atoms with van der Waals surface area (Å²) >= 11 is 11.7. The molecule has 1 saturated heterocycles. The van der Waals surface area contributed by atoms with Gasteiger partial charge in [-0.3, -0.25) is 0 Å². The number of ether oxygens (including phenoxy) is 1. The quantitative estimate of drug-likeness (QED) is 0.828. The number of urea groups is 1. The Bertz CT molecular complexity index is 666. The maximum absolute atomic E-state index is 12.0. The lowest BCUT2D eigenvalue weighted by atomic mass is 10.2. The average Bonchev–Trinajstić information content (AvgIpc) is 2.80. The van der Waals surface area contributed by atoms with E-state index in [0.717, 1.165) is 0 Å². The van der Waals surface area contributed by atoms with Gasteiger partial charge in [0.15, 0.2) is 16.6 Å². The van der Waals surface area contributed by atoms with E-state index in [1.807, 2.05) is 0 Å². The van der Waals surface area contributed by atoms with E-state index < -0.39 is 15.9 Å². The van der Waals surface area contributed by atoms with Crippen molar-refractivity contribution < 1.29 is 17.9 Å². The number of benzene rings is 1. The topological polar surface area (TPSA) is 75.7 Å². The Labute approximate surface area is 139 Å². The second-order valence-electron chi connectivity index (χ2n) is 5.01. The molecule has 122 valence electrons. The van der Waals surface area contributed by atoms with Gasteiger partial charge in [-0.25, -0.2) is 13.2 Å². The fourth-order valence-corrected chi connectivity index (χ4v) is 4.38. The molecule has 1 aliphatic heterocycles. The highest BCUT2D eigenvalue weighted by Crippen LogP contribution is 2.27. The van der Waals surface area contributed by atoms with E-state index in [4.69, 9.17) is 27.9 Å². The summed E-state index contributed by atoms with van der Waals surface area (Å²) in [5, 5.41) is 3.39. The monoisotopic (exact) mass is 366 g/mol. The number of nitrogens with one attached hydrogen (secondary N) is 1. The Morgan fingerprint density at radius 2 is 2.18 bits per heavy atom. The molecular weight excluding hydrogens is 351 g/mol. The number of sulfone groups is 1. The first-order valence-corrected chi connectivity index (χ1v) is 9.15. The summed E-state index contributed by atoms with van der Waals surface area (Å²) in [5.41, 5.74) is 0. The molecule has 0 spiro atoms. The fourth-order valence-electron chi connectivity index (χ4n) is 2.14. The molecule has 9 heteroatoms.